The number of nitrogens with one attached hydrogen (secondary N) is 3. The van der Waals surface area contributed by atoms with Crippen LogP contribution in [0.1, 0.15) is 96.0 Å². The molecule has 8 bridgehead atoms. The zero-order valence-electron chi connectivity index (χ0n) is 40.3. The Morgan fingerprint density at radius 3 is 1.39 bits per heavy atom. The average Bonchev–Trinajstić information content (AvgIpc) is 4.16. The van der Waals surface area contributed by atoms with E-state index in [9.17, 15) is 0 Å². The van der Waals surface area contributed by atoms with Crippen LogP contribution in [-0.2, 0) is 16.2 Å². The Balaban J connectivity index is 1.34. The molecule has 1 aliphatic heterocycles. The number of aromatic nitrogens is 6. The van der Waals surface area contributed by atoms with Gasteiger partial charge in [0.05, 0.1) is 39.1 Å². The van der Waals surface area contributed by atoms with Crippen LogP contribution in [0.4, 0.5) is 0 Å². The molecule has 0 saturated carbocycles. The lowest BCUT2D eigenvalue weighted by Crippen LogP contribution is -2.10. The quantitative estimate of drug-likeness (QED) is 0.165. The molecule has 4 aromatic carbocycles. The first kappa shape index (κ1) is 42.2. The van der Waals surface area contributed by atoms with E-state index in [0.717, 1.165) is 106 Å². The summed E-state index contributed by atoms with van der Waals surface area (Å²) in [5.41, 5.74) is 24.0. The summed E-state index contributed by atoms with van der Waals surface area (Å²) in [6.45, 7) is 22.5. The maximum absolute atomic E-state index is 5.69. The smallest absolute Gasteiger partial charge is 0.114 e. The molecule has 6 aromatic heterocycles. The zero-order chi connectivity index (χ0) is 46.6. The summed E-state index contributed by atoms with van der Waals surface area (Å²) in [6, 6.07) is 49.1. The average molecular weight is 875 g/mol. The van der Waals surface area contributed by atoms with Crippen LogP contribution >= 0.6 is 0 Å². The summed E-state index contributed by atoms with van der Waals surface area (Å²) in [5, 5.41) is 0. The fourth-order valence-electron chi connectivity index (χ4n) is 9.81. The molecule has 10 aromatic rings. The number of aryl methyl sites for hydroxylation is 1. The van der Waals surface area contributed by atoms with E-state index in [1.54, 1.807) is 0 Å². The second-order valence-electron chi connectivity index (χ2n) is 21.6. The van der Waals surface area contributed by atoms with Gasteiger partial charge >= 0.3 is 0 Å². The SMILES string of the molecule is Cc1ccc(-c2nc3c4[nH]c(c5nc(c(-c6ccc(C(C)(C)C)cc6)c6ccc([nH]6)c(-c6ccc(C(C)(C)C)cc6)c6ccc([nH]6)c4-c4ccc(C(C)(C)C)cc4)C=C5)c3n3cccc23)cc1. The van der Waals surface area contributed by atoms with Crippen molar-refractivity contribution < 1.29 is 0 Å². The number of hydrogen-bond donors (Lipinski definition) is 3. The van der Waals surface area contributed by atoms with Crippen LogP contribution in [0, 0.1) is 6.92 Å². The summed E-state index contributed by atoms with van der Waals surface area (Å²) in [5.74, 6) is 0. The maximum atomic E-state index is 5.69. The van der Waals surface area contributed by atoms with Gasteiger partial charge in [0.2, 0.25) is 0 Å². The zero-order valence-corrected chi connectivity index (χ0v) is 40.3. The van der Waals surface area contributed by atoms with Gasteiger partial charge in [0.1, 0.15) is 5.52 Å². The Bertz CT molecular complexity index is 3700. The summed E-state index contributed by atoms with van der Waals surface area (Å²) < 4.78 is 2.30. The molecular weight excluding hydrogens is 817 g/mol. The van der Waals surface area contributed by atoms with E-state index in [2.05, 4.69) is 240 Å². The molecule has 0 fully saturated rings. The van der Waals surface area contributed by atoms with E-state index >= 15 is 0 Å². The van der Waals surface area contributed by atoms with Crippen LogP contribution in [0.2, 0.25) is 0 Å². The van der Waals surface area contributed by atoms with Crippen molar-refractivity contribution in [3.8, 4) is 44.6 Å². The Morgan fingerprint density at radius 2 is 0.866 bits per heavy atom. The molecule has 11 rings (SSSR count). The number of rotatable bonds is 4. The van der Waals surface area contributed by atoms with E-state index in [1.807, 2.05) is 0 Å². The Labute approximate surface area is 392 Å². The molecule has 0 aliphatic carbocycles. The van der Waals surface area contributed by atoms with E-state index < -0.39 is 0 Å². The van der Waals surface area contributed by atoms with Gasteiger partial charge in [-0.3, -0.25) is 0 Å². The van der Waals surface area contributed by atoms with Gasteiger partial charge in [0, 0.05) is 50.5 Å². The topological polar surface area (TPSA) is 77.6 Å². The third-order valence-electron chi connectivity index (χ3n) is 13.7. The van der Waals surface area contributed by atoms with Crippen molar-refractivity contribution in [2.45, 2.75) is 85.5 Å². The summed E-state index contributed by atoms with van der Waals surface area (Å²) >= 11 is 0. The van der Waals surface area contributed by atoms with E-state index in [0.29, 0.717) is 0 Å². The third kappa shape index (κ3) is 7.36. The molecule has 0 amide bonds. The number of hydrogen-bond acceptors (Lipinski definition) is 2. The van der Waals surface area contributed by atoms with Gasteiger partial charge in [-0.25, -0.2) is 9.97 Å². The molecule has 1 aliphatic rings. The van der Waals surface area contributed by atoms with Gasteiger partial charge in [-0.1, -0.05) is 165 Å². The molecule has 3 N–H and O–H groups in total. The summed E-state index contributed by atoms with van der Waals surface area (Å²) in [7, 11) is 0. The lowest BCUT2D eigenvalue weighted by molar-refractivity contribution is 0.590. The third-order valence-corrected chi connectivity index (χ3v) is 13.7. The van der Waals surface area contributed by atoms with Crippen LogP contribution in [0.3, 0.4) is 0 Å². The second-order valence-corrected chi connectivity index (χ2v) is 21.6. The van der Waals surface area contributed by atoms with Crippen molar-refractivity contribution in [3.63, 3.8) is 0 Å². The first-order valence-electron chi connectivity index (χ1n) is 23.6. The highest BCUT2D eigenvalue weighted by Crippen LogP contribution is 2.41. The monoisotopic (exact) mass is 874 g/mol. The number of aromatic amines is 3. The largest absolute Gasteiger partial charge is 0.354 e. The van der Waals surface area contributed by atoms with Crippen molar-refractivity contribution >= 4 is 61.8 Å². The molecule has 0 radical (unpaired) electrons. The highest BCUT2D eigenvalue weighted by atomic mass is 15.0. The number of benzene rings is 4. The van der Waals surface area contributed by atoms with Gasteiger partial charge < -0.3 is 19.4 Å². The molecule has 0 unspecified atom stereocenters. The van der Waals surface area contributed by atoms with Gasteiger partial charge in [-0.2, -0.15) is 0 Å². The molecule has 67 heavy (non-hydrogen) atoms. The van der Waals surface area contributed by atoms with Crippen molar-refractivity contribution in [2.24, 2.45) is 0 Å². The lowest BCUT2D eigenvalue weighted by Gasteiger charge is -2.19. The predicted octanol–water partition coefficient (Wildman–Crippen LogP) is 16.4. The van der Waals surface area contributed by atoms with Gasteiger partial charge in [-0.15, -0.1) is 0 Å². The lowest BCUT2D eigenvalue weighted by atomic mass is 9.86. The normalized spacial score (nSPS) is 12.9. The number of nitrogens with zero attached hydrogens (tertiary/aromatic N) is 3. The Hall–Kier alpha value is -7.44. The molecule has 0 atom stereocenters. The fourth-order valence-corrected chi connectivity index (χ4v) is 9.81. The first-order valence-corrected chi connectivity index (χ1v) is 23.6. The van der Waals surface area contributed by atoms with Crippen LogP contribution < -0.4 is 0 Å². The molecule has 7 heterocycles. The summed E-state index contributed by atoms with van der Waals surface area (Å²) in [6.07, 6.45) is 6.49. The van der Waals surface area contributed by atoms with E-state index in [-0.39, 0.29) is 16.2 Å². The highest BCUT2D eigenvalue weighted by Gasteiger charge is 2.23. The van der Waals surface area contributed by atoms with Crippen molar-refractivity contribution in [2.75, 3.05) is 0 Å². The number of fused-ring (bicyclic) bond motifs is 14. The minimum Gasteiger partial charge on any atom is -0.354 e. The molecule has 0 spiro atoms. The van der Waals surface area contributed by atoms with Crippen molar-refractivity contribution in [3.05, 3.63) is 173 Å². The molecule has 0 saturated heterocycles. The molecule has 332 valence electrons. The van der Waals surface area contributed by atoms with Gasteiger partial charge in [-0.05, 0) is 105 Å². The van der Waals surface area contributed by atoms with Crippen LogP contribution in [0.15, 0.2) is 140 Å². The fraction of sp³-hybridized carbons (Fsp3) is 0.213. The van der Waals surface area contributed by atoms with Crippen LogP contribution in [-0.4, -0.2) is 29.3 Å². The van der Waals surface area contributed by atoms with E-state index in [1.165, 1.54) is 22.3 Å². The van der Waals surface area contributed by atoms with Crippen LogP contribution in [0.25, 0.3) is 106 Å². The Kier molecular flexibility index (Phi) is 9.65. The first-order chi connectivity index (χ1) is 32.0. The second kappa shape index (κ2) is 15.3. The Morgan fingerprint density at radius 1 is 0.418 bits per heavy atom. The number of H-pyrrole nitrogens is 3. The van der Waals surface area contributed by atoms with Gasteiger partial charge in [0.25, 0.3) is 0 Å². The minimum atomic E-state index is -0.00561. The molecule has 6 nitrogen and oxygen atoms in total. The van der Waals surface area contributed by atoms with Gasteiger partial charge in [0.15, 0.2) is 0 Å². The standard InChI is InChI=1S/C61H58N6/c1-36-13-15-40(16-14-36)54-50-12-11-35-67(50)58-55-49-34-33-47(64-49)52(38-19-25-42(26-20-38)60(5,6)7)45-30-29-44(62-45)51(37-17-23-41(24-18-37)59(2,3)4)46-31-32-48(63-46)53(56(66-55)57(58)65-54)39-21-27-43(28-22-39)61(8,9)10/h11-35,62-63,66H,1-10H3. The summed E-state index contributed by atoms with van der Waals surface area (Å²) in [4.78, 5) is 23.2. The van der Waals surface area contributed by atoms with Crippen LogP contribution in [0.5, 0.6) is 0 Å². The molecule has 6 heteroatoms. The van der Waals surface area contributed by atoms with E-state index in [4.69, 9.17) is 9.97 Å². The molecular formula is C61H58N6. The minimum absolute atomic E-state index is 0.00561. The maximum Gasteiger partial charge on any atom is 0.114 e. The highest BCUT2D eigenvalue weighted by molar-refractivity contribution is 6.14. The van der Waals surface area contributed by atoms with Crippen molar-refractivity contribution in [1.29, 1.82) is 0 Å². The van der Waals surface area contributed by atoms with Crippen molar-refractivity contribution in [1.82, 2.24) is 29.3 Å². The predicted molar refractivity (Wildman–Crippen MR) is 284 cm³/mol.